The van der Waals surface area contributed by atoms with Crippen molar-refractivity contribution >= 4 is 0 Å². The second kappa shape index (κ2) is 5.22. The average Bonchev–Trinajstić information content (AvgIpc) is 2.75. The highest BCUT2D eigenvalue weighted by atomic mass is 19.1. The molecular weight excluding hydrogens is 240 g/mol. The van der Waals surface area contributed by atoms with Gasteiger partial charge in [0, 0.05) is 12.1 Å². The molecule has 4 nitrogen and oxygen atoms in total. The van der Waals surface area contributed by atoms with E-state index in [1.165, 1.54) is 6.07 Å². The van der Waals surface area contributed by atoms with E-state index >= 15 is 0 Å². The van der Waals surface area contributed by atoms with Crippen LogP contribution in [0, 0.1) is 11.6 Å². The zero-order chi connectivity index (χ0) is 13.1. The van der Waals surface area contributed by atoms with Gasteiger partial charge in [-0.05, 0) is 12.1 Å². The van der Waals surface area contributed by atoms with Gasteiger partial charge in [-0.2, -0.15) is 0 Å². The fraction of sp³-hybridized carbons (Fsp3) is 0.333. The molecule has 0 spiro atoms. The van der Waals surface area contributed by atoms with E-state index in [1.54, 1.807) is 0 Å². The maximum absolute atomic E-state index is 13.5. The number of nitrogens with one attached hydrogen (secondary N) is 1. The third-order valence-corrected chi connectivity index (χ3v) is 2.29. The minimum Gasteiger partial charge on any atom is -0.419 e. The molecule has 0 aliphatic heterocycles. The lowest BCUT2D eigenvalue weighted by Gasteiger charge is -2.03. The lowest BCUT2D eigenvalue weighted by atomic mass is 10.2. The van der Waals surface area contributed by atoms with E-state index in [1.807, 2.05) is 13.8 Å². The Morgan fingerprint density at radius 3 is 2.72 bits per heavy atom. The third kappa shape index (κ3) is 2.89. The molecule has 0 atom stereocenters. The molecule has 18 heavy (non-hydrogen) atoms. The summed E-state index contributed by atoms with van der Waals surface area (Å²) in [7, 11) is 0. The van der Waals surface area contributed by atoms with Gasteiger partial charge in [-0.3, -0.25) is 0 Å². The molecule has 0 fully saturated rings. The maximum Gasteiger partial charge on any atom is 0.250 e. The van der Waals surface area contributed by atoms with Crippen LogP contribution < -0.4 is 5.32 Å². The Bertz CT molecular complexity index is 540. The van der Waals surface area contributed by atoms with Crippen LogP contribution >= 0.6 is 0 Å². The first-order valence-corrected chi connectivity index (χ1v) is 5.57. The lowest BCUT2D eigenvalue weighted by molar-refractivity contribution is 0.456. The van der Waals surface area contributed by atoms with Crippen LogP contribution in [0.3, 0.4) is 0 Å². The van der Waals surface area contributed by atoms with Crippen molar-refractivity contribution in [3.63, 3.8) is 0 Å². The molecule has 1 N–H and O–H groups in total. The Labute approximate surface area is 103 Å². The van der Waals surface area contributed by atoms with Gasteiger partial charge in [-0.1, -0.05) is 13.8 Å². The van der Waals surface area contributed by atoms with Crippen LogP contribution in [-0.4, -0.2) is 16.2 Å². The van der Waals surface area contributed by atoms with Crippen LogP contribution in [0.2, 0.25) is 0 Å². The second-order valence-corrected chi connectivity index (χ2v) is 4.16. The number of hydrogen-bond acceptors (Lipinski definition) is 4. The van der Waals surface area contributed by atoms with Crippen molar-refractivity contribution in [1.82, 2.24) is 15.5 Å². The highest BCUT2D eigenvalue weighted by Crippen LogP contribution is 2.21. The van der Waals surface area contributed by atoms with E-state index in [9.17, 15) is 8.78 Å². The van der Waals surface area contributed by atoms with E-state index in [-0.39, 0.29) is 17.5 Å². The molecule has 0 saturated heterocycles. The standard InChI is InChI=1S/C12H13F2N3O/c1-7(2)15-6-11-16-17-12(18-11)9-4-3-8(13)5-10(9)14/h3-5,7,15H,6H2,1-2H3. The van der Waals surface area contributed by atoms with Gasteiger partial charge in [0.2, 0.25) is 5.89 Å². The number of rotatable bonds is 4. The fourth-order valence-corrected chi connectivity index (χ4v) is 1.39. The van der Waals surface area contributed by atoms with Gasteiger partial charge in [0.25, 0.3) is 5.89 Å². The summed E-state index contributed by atoms with van der Waals surface area (Å²) < 4.78 is 31.5. The van der Waals surface area contributed by atoms with E-state index < -0.39 is 11.6 Å². The molecule has 96 valence electrons. The van der Waals surface area contributed by atoms with Crippen LogP contribution in [0.1, 0.15) is 19.7 Å². The zero-order valence-corrected chi connectivity index (χ0v) is 10.1. The quantitative estimate of drug-likeness (QED) is 0.909. The number of benzene rings is 1. The van der Waals surface area contributed by atoms with Crippen molar-refractivity contribution in [2.45, 2.75) is 26.4 Å². The van der Waals surface area contributed by atoms with E-state index in [4.69, 9.17) is 4.42 Å². The molecule has 0 radical (unpaired) electrons. The highest BCUT2D eigenvalue weighted by molar-refractivity contribution is 5.53. The summed E-state index contributed by atoms with van der Waals surface area (Å²) >= 11 is 0. The minimum absolute atomic E-state index is 0.0491. The smallest absolute Gasteiger partial charge is 0.250 e. The summed E-state index contributed by atoms with van der Waals surface area (Å²) in [6.45, 7) is 4.38. The summed E-state index contributed by atoms with van der Waals surface area (Å²) in [5.74, 6) is -0.949. The molecule has 0 aliphatic rings. The predicted molar refractivity (Wildman–Crippen MR) is 61.6 cm³/mol. The normalized spacial score (nSPS) is 11.2. The summed E-state index contributed by atoms with van der Waals surface area (Å²) in [5, 5.41) is 10.6. The van der Waals surface area contributed by atoms with Crippen molar-refractivity contribution in [2.75, 3.05) is 0 Å². The molecule has 1 heterocycles. The molecule has 0 saturated carbocycles. The largest absolute Gasteiger partial charge is 0.419 e. The van der Waals surface area contributed by atoms with Crippen molar-refractivity contribution in [2.24, 2.45) is 0 Å². The monoisotopic (exact) mass is 253 g/mol. The first-order valence-electron chi connectivity index (χ1n) is 5.57. The first-order chi connectivity index (χ1) is 8.56. The Morgan fingerprint density at radius 1 is 1.28 bits per heavy atom. The van der Waals surface area contributed by atoms with Crippen LogP contribution in [-0.2, 0) is 6.54 Å². The molecule has 1 aromatic heterocycles. The number of hydrogen-bond donors (Lipinski definition) is 1. The van der Waals surface area contributed by atoms with Crippen LogP contribution in [0.4, 0.5) is 8.78 Å². The predicted octanol–water partition coefficient (Wildman–Crippen LogP) is 2.51. The van der Waals surface area contributed by atoms with Gasteiger partial charge in [-0.15, -0.1) is 10.2 Å². The Balaban J connectivity index is 2.18. The Hall–Kier alpha value is -1.82. The minimum atomic E-state index is -0.720. The van der Waals surface area contributed by atoms with Crippen molar-refractivity contribution < 1.29 is 13.2 Å². The van der Waals surface area contributed by atoms with Crippen molar-refractivity contribution in [3.8, 4) is 11.5 Å². The number of halogens is 2. The Kier molecular flexibility index (Phi) is 3.66. The molecule has 6 heteroatoms. The van der Waals surface area contributed by atoms with Crippen LogP contribution in [0.25, 0.3) is 11.5 Å². The van der Waals surface area contributed by atoms with Crippen LogP contribution in [0.5, 0.6) is 0 Å². The third-order valence-electron chi connectivity index (χ3n) is 2.29. The summed E-state index contributed by atoms with van der Waals surface area (Å²) in [5.41, 5.74) is 0.0969. The number of aromatic nitrogens is 2. The maximum atomic E-state index is 13.5. The first kappa shape index (κ1) is 12.6. The van der Waals surface area contributed by atoms with Crippen molar-refractivity contribution in [1.29, 1.82) is 0 Å². The van der Waals surface area contributed by atoms with E-state index in [0.29, 0.717) is 12.4 Å². The SMILES string of the molecule is CC(C)NCc1nnc(-c2ccc(F)cc2F)o1. The topological polar surface area (TPSA) is 51.0 Å². The second-order valence-electron chi connectivity index (χ2n) is 4.16. The molecule has 1 aromatic carbocycles. The van der Waals surface area contributed by atoms with Gasteiger partial charge in [-0.25, -0.2) is 8.78 Å². The van der Waals surface area contributed by atoms with Gasteiger partial charge in [0.05, 0.1) is 12.1 Å². The molecule has 0 unspecified atom stereocenters. The fourth-order valence-electron chi connectivity index (χ4n) is 1.39. The van der Waals surface area contributed by atoms with Gasteiger partial charge < -0.3 is 9.73 Å². The summed E-state index contributed by atoms with van der Waals surface area (Å²) in [6.07, 6.45) is 0. The molecule has 2 aromatic rings. The number of nitrogens with zero attached hydrogens (tertiary/aromatic N) is 2. The molecular formula is C12H13F2N3O. The average molecular weight is 253 g/mol. The highest BCUT2D eigenvalue weighted by Gasteiger charge is 2.13. The molecule has 0 bridgehead atoms. The van der Waals surface area contributed by atoms with E-state index in [2.05, 4.69) is 15.5 Å². The summed E-state index contributed by atoms with van der Waals surface area (Å²) in [6, 6.07) is 3.49. The van der Waals surface area contributed by atoms with E-state index in [0.717, 1.165) is 12.1 Å². The zero-order valence-electron chi connectivity index (χ0n) is 10.1. The van der Waals surface area contributed by atoms with Gasteiger partial charge in [0.15, 0.2) is 0 Å². The van der Waals surface area contributed by atoms with Gasteiger partial charge in [0.1, 0.15) is 11.6 Å². The van der Waals surface area contributed by atoms with Gasteiger partial charge >= 0.3 is 0 Å². The molecule has 0 amide bonds. The lowest BCUT2D eigenvalue weighted by Crippen LogP contribution is -2.21. The molecule has 2 rings (SSSR count). The summed E-state index contributed by atoms with van der Waals surface area (Å²) in [4.78, 5) is 0. The van der Waals surface area contributed by atoms with Crippen molar-refractivity contribution in [3.05, 3.63) is 35.7 Å². The molecule has 0 aliphatic carbocycles. The van der Waals surface area contributed by atoms with Crippen LogP contribution in [0.15, 0.2) is 22.6 Å². The Morgan fingerprint density at radius 2 is 2.06 bits per heavy atom.